The zero-order valence-corrected chi connectivity index (χ0v) is 11.9. The van der Waals surface area contributed by atoms with Gasteiger partial charge in [-0.25, -0.2) is 0 Å². The Kier molecular flexibility index (Phi) is 5.86. The van der Waals surface area contributed by atoms with E-state index in [0.717, 1.165) is 6.61 Å². The minimum Gasteiger partial charge on any atom is -0.375 e. The molecule has 0 spiro atoms. The molecule has 1 saturated heterocycles. The van der Waals surface area contributed by atoms with Crippen molar-refractivity contribution in [2.75, 3.05) is 34.0 Å². The molecule has 1 fully saturated rings. The Labute approximate surface area is 105 Å². The van der Waals surface area contributed by atoms with Crippen molar-refractivity contribution in [3.05, 3.63) is 0 Å². The number of hydrogen-bond donors (Lipinski definition) is 0. The quantitative estimate of drug-likeness (QED) is 0.669. The first-order valence-corrected chi connectivity index (χ1v) is 6.39. The second-order valence-electron chi connectivity index (χ2n) is 5.60. The van der Waals surface area contributed by atoms with Crippen LogP contribution in [0.5, 0.6) is 0 Å². The molecule has 1 rings (SSSR count). The summed E-state index contributed by atoms with van der Waals surface area (Å²) in [4.78, 5) is 2.53. The van der Waals surface area contributed by atoms with Crippen LogP contribution in [0.25, 0.3) is 0 Å². The van der Waals surface area contributed by atoms with Crippen molar-refractivity contribution in [3.63, 3.8) is 0 Å². The molecule has 0 bridgehead atoms. The molecule has 1 atom stereocenters. The highest BCUT2D eigenvalue weighted by atomic mass is 16.7. The van der Waals surface area contributed by atoms with E-state index < -0.39 is 0 Å². The normalized spacial score (nSPS) is 22.6. The molecule has 0 aromatic rings. The first-order valence-electron chi connectivity index (χ1n) is 6.39. The summed E-state index contributed by atoms with van der Waals surface area (Å²) in [6.07, 6.45) is 2.24. The van der Waals surface area contributed by atoms with Gasteiger partial charge in [-0.2, -0.15) is 0 Å². The van der Waals surface area contributed by atoms with Gasteiger partial charge >= 0.3 is 0 Å². The van der Waals surface area contributed by atoms with Crippen LogP contribution in [0.2, 0.25) is 0 Å². The summed E-state index contributed by atoms with van der Waals surface area (Å²) in [5.41, 5.74) is 0.229. The van der Waals surface area contributed by atoms with Gasteiger partial charge in [0.05, 0.1) is 13.2 Å². The van der Waals surface area contributed by atoms with E-state index in [1.54, 1.807) is 14.2 Å². The minimum atomic E-state index is -0.250. The molecular weight excluding hydrogens is 218 g/mol. The maximum atomic E-state index is 5.70. The van der Waals surface area contributed by atoms with E-state index in [1.807, 2.05) is 0 Å². The number of methoxy groups -OCH3 is 2. The highest BCUT2D eigenvalue weighted by Gasteiger charge is 2.32. The maximum Gasteiger partial charge on any atom is 0.180 e. The third-order valence-corrected chi connectivity index (χ3v) is 3.33. The first-order chi connectivity index (χ1) is 7.99. The SMILES string of the molecule is COC(COC[C@@H]1CCCN1C(C)(C)C)OC. The molecule has 0 N–H and O–H groups in total. The fourth-order valence-corrected chi connectivity index (χ4v) is 2.42. The standard InChI is InChI=1S/C13H27NO3/c1-13(2,3)14-8-6-7-11(14)9-17-10-12(15-4)16-5/h11-12H,6-10H2,1-5H3/t11-/m0/s1. The summed E-state index contributed by atoms with van der Waals surface area (Å²) in [6.45, 7) is 9.23. The lowest BCUT2D eigenvalue weighted by Gasteiger charge is -2.37. The predicted octanol–water partition coefficient (Wildman–Crippen LogP) is 1.88. The Bertz CT molecular complexity index is 211. The van der Waals surface area contributed by atoms with Gasteiger partial charge in [0.1, 0.15) is 0 Å². The Hall–Kier alpha value is -0.160. The molecule has 0 amide bonds. The van der Waals surface area contributed by atoms with E-state index in [-0.39, 0.29) is 11.8 Å². The number of likely N-dealkylation sites (tertiary alicyclic amines) is 1. The second-order valence-corrected chi connectivity index (χ2v) is 5.60. The fraction of sp³-hybridized carbons (Fsp3) is 1.00. The van der Waals surface area contributed by atoms with E-state index in [0.29, 0.717) is 12.6 Å². The first kappa shape index (κ1) is 14.9. The summed E-state index contributed by atoms with van der Waals surface area (Å²) in [7, 11) is 3.27. The molecule has 1 aliphatic rings. The Morgan fingerprint density at radius 3 is 2.41 bits per heavy atom. The van der Waals surface area contributed by atoms with Crippen LogP contribution in [0, 0.1) is 0 Å². The molecule has 4 nitrogen and oxygen atoms in total. The van der Waals surface area contributed by atoms with Crippen molar-refractivity contribution >= 4 is 0 Å². The second kappa shape index (κ2) is 6.69. The largest absolute Gasteiger partial charge is 0.375 e. The summed E-state index contributed by atoms with van der Waals surface area (Å²) < 4.78 is 15.9. The molecule has 0 aromatic heterocycles. The van der Waals surface area contributed by atoms with Gasteiger partial charge in [-0.05, 0) is 40.2 Å². The zero-order chi connectivity index (χ0) is 12.9. The molecule has 1 heterocycles. The molecular formula is C13H27NO3. The van der Waals surface area contributed by atoms with E-state index in [4.69, 9.17) is 14.2 Å². The Morgan fingerprint density at radius 2 is 1.88 bits per heavy atom. The number of rotatable bonds is 6. The van der Waals surface area contributed by atoms with Crippen molar-refractivity contribution in [3.8, 4) is 0 Å². The van der Waals surface area contributed by atoms with Gasteiger partial charge in [-0.3, -0.25) is 4.90 Å². The molecule has 0 aliphatic carbocycles. The highest BCUT2D eigenvalue weighted by Crippen LogP contribution is 2.26. The van der Waals surface area contributed by atoms with Crippen LogP contribution in [0.4, 0.5) is 0 Å². The number of ether oxygens (including phenoxy) is 3. The third kappa shape index (κ3) is 4.54. The van der Waals surface area contributed by atoms with Gasteiger partial charge in [-0.1, -0.05) is 0 Å². The van der Waals surface area contributed by atoms with E-state index in [2.05, 4.69) is 25.7 Å². The molecule has 17 heavy (non-hydrogen) atoms. The van der Waals surface area contributed by atoms with Crippen molar-refractivity contribution in [1.82, 2.24) is 4.90 Å². The van der Waals surface area contributed by atoms with E-state index in [9.17, 15) is 0 Å². The number of hydrogen-bond acceptors (Lipinski definition) is 4. The average molecular weight is 245 g/mol. The molecule has 0 saturated carbocycles. The molecule has 0 aromatic carbocycles. The summed E-state index contributed by atoms with van der Waals surface area (Å²) >= 11 is 0. The van der Waals surface area contributed by atoms with Crippen molar-refractivity contribution < 1.29 is 14.2 Å². The van der Waals surface area contributed by atoms with Crippen molar-refractivity contribution in [2.24, 2.45) is 0 Å². The van der Waals surface area contributed by atoms with Crippen LogP contribution in [0.1, 0.15) is 33.6 Å². The van der Waals surface area contributed by atoms with Gasteiger partial charge < -0.3 is 14.2 Å². The van der Waals surface area contributed by atoms with Crippen LogP contribution < -0.4 is 0 Å². The molecule has 0 unspecified atom stereocenters. The molecule has 0 radical (unpaired) electrons. The summed E-state index contributed by atoms with van der Waals surface area (Å²) in [5.74, 6) is 0. The zero-order valence-electron chi connectivity index (χ0n) is 11.9. The van der Waals surface area contributed by atoms with E-state index >= 15 is 0 Å². The average Bonchev–Trinajstić information content (AvgIpc) is 2.72. The van der Waals surface area contributed by atoms with Crippen LogP contribution in [-0.2, 0) is 14.2 Å². The van der Waals surface area contributed by atoms with Gasteiger partial charge in [0.2, 0.25) is 0 Å². The number of nitrogens with zero attached hydrogens (tertiary/aromatic N) is 1. The van der Waals surface area contributed by atoms with Crippen LogP contribution in [0.3, 0.4) is 0 Å². The van der Waals surface area contributed by atoms with Gasteiger partial charge in [0, 0.05) is 25.8 Å². The lowest BCUT2D eigenvalue weighted by Crippen LogP contribution is -2.46. The van der Waals surface area contributed by atoms with E-state index in [1.165, 1.54) is 19.4 Å². The van der Waals surface area contributed by atoms with Gasteiger partial charge in [0.15, 0.2) is 6.29 Å². The Morgan fingerprint density at radius 1 is 1.24 bits per heavy atom. The molecule has 102 valence electrons. The molecule has 4 heteroatoms. The maximum absolute atomic E-state index is 5.70. The van der Waals surface area contributed by atoms with Crippen molar-refractivity contribution in [1.29, 1.82) is 0 Å². The van der Waals surface area contributed by atoms with Gasteiger partial charge in [0.25, 0.3) is 0 Å². The summed E-state index contributed by atoms with van der Waals surface area (Å²) in [6, 6.07) is 0.532. The highest BCUT2D eigenvalue weighted by molar-refractivity contribution is 4.87. The topological polar surface area (TPSA) is 30.9 Å². The lowest BCUT2D eigenvalue weighted by atomic mass is 10.1. The minimum absolute atomic E-state index is 0.229. The Balaban J connectivity index is 2.31. The lowest BCUT2D eigenvalue weighted by molar-refractivity contribution is -0.144. The van der Waals surface area contributed by atoms with Crippen LogP contribution >= 0.6 is 0 Å². The molecule has 1 aliphatic heterocycles. The fourth-order valence-electron chi connectivity index (χ4n) is 2.42. The van der Waals surface area contributed by atoms with Gasteiger partial charge in [-0.15, -0.1) is 0 Å². The van der Waals surface area contributed by atoms with Crippen molar-refractivity contribution in [2.45, 2.75) is 51.5 Å². The third-order valence-electron chi connectivity index (χ3n) is 3.33. The monoisotopic (exact) mass is 245 g/mol. The van der Waals surface area contributed by atoms with Crippen LogP contribution in [-0.4, -0.2) is 56.7 Å². The summed E-state index contributed by atoms with van der Waals surface area (Å²) in [5, 5.41) is 0. The van der Waals surface area contributed by atoms with Crippen LogP contribution in [0.15, 0.2) is 0 Å². The smallest absolute Gasteiger partial charge is 0.180 e. The predicted molar refractivity (Wildman–Crippen MR) is 68.1 cm³/mol.